The van der Waals surface area contributed by atoms with Crippen molar-refractivity contribution in [2.45, 2.75) is 0 Å². The number of rotatable bonds is 7. The molecule has 0 aliphatic heterocycles. The van der Waals surface area contributed by atoms with Crippen LogP contribution >= 0.6 is 22.6 Å². The molecule has 2 aromatic carbocycles. The van der Waals surface area contributed by atoms with Gasteiger partial charge in [0.15, 0.2) is 17.2 Å². The van der Waals surface area contributed by atoms with Crippen LogP contribution in [0.25, 0.3) is 22.3 Å². The summed E-state index contributed by atoms with van der Waals surface area (Å²) in [6.07, 6.45) is 0. The molecule has 170 valence electrons. The Bertz CT molecular complexity index is 1330. The molecule has 0 aliphatic rings. The highest BCUT2D eigenvalue weighted by atomic mass is 127. The molecular weight excluding hydrogens is 543 g/mol. The molecule has 1 amide bonds. The van der Waals surface area contributed by atoms with Crippen LogP contribution < -0.4 is 10.1 Å². The molecule has 2 N–H and O–H groups in total. The van der Waals surface area contributed by atoms with Crippen LogP contribution in [-0.2, 0) is 0 Å². The Kier molecular flexibility index (Phi) is 6.84. The lowest BCUT2D eigenvalue weighted by molar-refractivity contribution is 0.0948. The van der Waals surface area contributed by atoms with E-state index in [1.807, 2.05) is 43.3 Å². The number of halogens is 3. The number of carbonyl (C=O) groups excluding carboxylic acids is 1. The highest BCUT2D eigenvalue weighted by Crippen LogP contribution is 2.33. The zero-order valence-corrected chi connectivity index (χ0v) is 20.0. The number of aromatic amines is 1. The number of nitrogens with zero attached hydrogens (tertiary/aromatic N) is 3. The molecule has 4 rings (SSSR count). The van der Waals surface area contributed by atoms with Crippen LogP contribution in [0, 0.1) is 15.2 Å². The van der Waals surface area contributed by atoms with E-state index >= 15 is 0 Å². The summed E-state index contributed by atoms with van der Waals surface area (Å²) >= 11 is 2.21. The van der Waals surface area contributed by atoms with E-state index in [2.05, 4.69) is 43.1 Å². The first-order valence-corrected chi connectivity index (χ1v) is 11.1. The van der Waals surface area contributed by atoms with Gasteiger partial charge < -0.3 is 15.0 Å². The number of amides is 1. The lowest BCUT2D eigenvalue weighted by atomic mass is 10.1. The number of likely N-dealkylation sites (N-methyl/N-ethyl adjacent to an activating group) is 1. The maximum absolute atomic E-state index is 14.2. The molecule has 2 heterocycles. The molecule has 0 saturated heterocycles. The molecule has 0 fully saturated rings. The smallest absolute Gasteiger partial charge is 0.256 e. The molecule has 0 unspecified atom stereocenters. The second-order valence-electron chi connectivity index (χ2n) is 7.53. The van der Waals surface area contributed by atoms with Gasteiger partial charge in [-0.15, -0.1) is 0 Å². The van der Waals surface area contributed by atoms with Crippen LogP contribution in [0.1, 0.15) is 10.4 Å². The molecular formula is C23H20F2IN5O2. The van der Waals surface area contributed by atoms with E-state index in [1.165, 1.54) is 0 Å². The van der Waals surface area contributed by atoms with E-state index < -0.39 is 17.5 Å². The number of carbonyl (C=O) groups is 1. The van der Waals surface area contributed by atoms with Gasteiger partial charge in [0.05, 0.1) is 0 Å². The number of hydrogen-bond acceptors (Lipinski definition) is 5. The van der Waals surface area contributed by atoms with Gasteiger partial charge in [-0.2, -0.15) is 10.1 Å². The Hall–Kier alpha value is -3.12. The van der Waals surface area contributed by atoms with Gasteiger partial charge in [-0.05, 0) is 61.0 Å². The second-order valence-corrected chi connectivity index (χ2v) is 8.69. The summed E-state index contributed by atoms with van der Waals surface area (Å²) < 4.78 is 34.1. The molecule has 2 aromatic heterocycles. The third-order valence-corrected chi connectivity index (χ3v) is 5.78. The Morgan fingerprint density at radius 2 is 1.97 bits per heavy atom. The minimum absolute atomic E-state index is 0.110. The fourth-order valence-electron chi connectivity index (χ4n) is 3.18. The van der Waals surface area contributed by atoms with Crippen LogP contribution in [0.3, 0.4) is 0 Å². The van der Waals surface area contributed by atoms with Crippen molar-refractivity contribution in [3.63, 3.8) is 0 Å². The minimum atomic E-state index is -0.903. The highest BCUT2D eigenvalue weighted by Gasteiger charge is 2.21. The lowest BCUT2D eigenvalue weighted by Crippen LogP contribution is -2.31. The number of ether oxygens (including phenoxy) is 1. The summed E-state index contributed by atoms with van der Waals surface area (Å²) in [5.74, 6) is -2.43. The van der Waals surface area contributed by atoms with Gasteiger partial charge in [0.1, 0.15) is 17.1 Å². The number of fused-ring (bicyclic) bond motifs is 1. The number of pyridine rings is 1. The molecule has 0 radical (unpaired) electrons. The Morgan fingerprint density at radius 3 is 2.70 bits per heavy atom. The lowest BCUT2D eigenvalue weighted by Gasteiger charge is -2.13. The zero-order chi connectivity index (χ0) is 23.5. The summed E-state index contributed by atoms with van der Waals surface area (Å²) in [5.41, 5.74) is 1.98. The molecule has 7 nitrogen and oxygen atoms in total. The second kappa shape index (κ2) is 9.79. The first kappa shape index (κ1) is 23.1. The largest absolute Gasteiger partial charge is 0.435 e. The number of nitrogens with one attached hydrogen (secondary N) is 2. The number of aromatic nitrogens is 3. The van der Waals surface area contributed by atoms with Crippen molar-refractivity contribution in [3.05, 3.63) is 69.3 Å². The Morgan fingerprint density at radius 1 is 1.18 bits per heavy atom. The fourth-order valence-corrected chi connectivity index (χ4v) is 3.82. The highest BCUT2D eigenvalue weighted by molar-refractivity contribution is 14.1. The summed E-state index contributed by atoms with van der Waals surface area (Å²) in [6.45, 7) is 1.02. The maximum atomic E-state index is 14.2. The zero-order valence-electron chi connectivity index (χ0n) is 17.8. The summed E-state index contributed by atoms with van der Waals surface area (Å²) in [5, 5.41) is 10.7. The molecule has 4 aromatic rings. The monoisotopic (exact) mass is 563 g/mol. The molecule has 0 aliphatic carbocycles. The average molecular weight is 563 g/mol. The van der Waals surface area contributed by atoms with Crippen molar-refractivity contribution in [1.29, 1.82) is 0 Å². The predicted molar refractivity (Wildman–Crippen MR) is 129 cm³/mol. The van der Waals surface area contributed by atoms with Crippen molar-refractivity contribution in [2.24, 2.45) is 0 Å². The standard InChI is InChI=1S/C23H20F2IN5O2/c1-31(2)10-9-27-22(32)16-12-15-20(14-5-3-4-6-18(14)26)29-30-21(15)28-23(16)33-19-8-7-13(24)11-17(19)25/h3-8,11-12H,9-10H2,1-2H3,(H,27,32)(H,28,29,30). The third kappa shape index (κ3) is 5.11. The first-order valence-electron chi connectivity index (χ1n) is 10.0. The van der Waals surface area contributed by atoms with Crippen molar-refractivity contribution >= 4 is 39.5 Å². The predicted octanol–water partition coefficient (Wildman–Crippen LogP) is 4.59. The van der Waals surface area contributed by atoms with Gasteiger partial charge in [-0.3, -0.25) is 9.89 Å². The van der Waals surface area contributed by atoms with Gasteiger partial charge in [0.2, 0.25) is 5.88 Å². The molecule has 0 spiro atoms. The van der Waals surface area contributed by atoms with Crippen molar-refractivity contribution in [3.8, 4) is 22.9 Å². The Balaban J connectivity index is 1.79. The average Bonchev–Trinajstić information content (AvgIpc) is 3.17. The van der Waals surface area contributed by atoms with E-state index in [4.69, 9.17) is 4.74 Å². The van der Waals surface area contributed by atoms with E-state index in [0.717, 1.165) is 21.3 Å². The topological polar surface area (TPSA) is 83.1 Å². The van der Waals surface area contributed by atoms with E-state index in [9.17, 15) is 13.6 Å². The van der Waals surface area contributed by atoms with Gasteiger partial charge in [-0.1, -0.05) is 18.2 Å². The summed E-state index contributed by atoms with van der Waals surface area (Å²) in [7, 11) is 3.79. The van der Waals surface area contributed by atoms with Crippen LogP contribution in [0.5, 0.6) is 11.6 Å². The van der Waals surface area contributed by atoms with Crippen molar-refractivity contribution in [2.75, 3.05) is 27.2 Å². The molecule has 0 bridgehead atoms. The van der Waals surface area contributed by atoms with Crippen LogP contribution in [-0.4, -0.2) is 53.2 Å². The SMILES string of the molecule is CN(C)CCNC(=O)c1cc2c(-c3ccccc3I)n[nH]c2nc1Oc1ccc(F)cc1F. The molecule has 0 atom stereocenters. The van der Waals surface area contributed by atoms with Crippen LogP contribution in [0.4, 0.5) is 8.78 Å². The fraction of sp³-hybridized carbons (Fsp3) is 0.174. The molecule has 33 heavy (non-hydrogen) atoms. The van der Waals surface area contributed by atoms with Gasteiger partial charge in [0.25, 0.3) is 5.91 Å². The van der Waals surface area contributed by atoms with E-state index in [0.29, 0.717) is 35.9 Å². The number of hydrogen-bond donors (Lipinski definition) is 2. The van der Waals surface area contributed by atoms with Crippen molar-refractivity contribution in [1.82, 2.24) is 25.4 Å². The third-order valence-electron chi connectivity index (χ3n) is 4.84. The van der Waals surface area contributed by atoms with E-state index in [-0.39, 0.29) is 17.2 Å². The van der Waals surface area contributed by atoms with Crippen molar-refractivity contribution < 1.29 is 18.3 Å². The molecule has 10 heteroatoms. The van der Waals surface area contributed by atoms with Gasteiger partial charge >= 0.3 is 0 Å². The van der Waals surface area contributed by atoms with Gasteiger partial charge in [0, 0.05) is 33.7 Å². The maximum Gasteiger partial charge on any atom is 0.256 e. The number of H-pyrrole nitrogens is 1. The number of benzene rings is 2. The van der Waals surface area contributed by atoms with Gasteiger partial charge in [-0.25, -0.2) is 8.78 Å². The first-order chi connectivity index (χ1) is 15.8. The molecule has 0 saturated carbocycles. The Labute approximate surface area is 202 Å². The summed E-state index contributed by atoms with van der Waals surface area (Å²) in [4.78, 5) is 19.3. The normalized spacial score (nSPS) is 11.2. The van der Waals surface area contributed by atoms with Crippen LogP contribution in [0.15, 0.2) is 48.5 Å². The summed E-state index contributed by atoms with van der Waals surface area (Å²) in [6, 6.07) is 12.2. The quantitative estimate of drug-likeness (QED) is 0.322. The van der Waals surface area contributed by atoms with E-state index in [1.54, 1.807) is 6.07 Å². The minimum Gasteiger partial charge on any atom is -0.435 e. The van der Waals surface area contributed by atoms with Crippen LogP contribution in [0.2, 0.25) is 0 Å².